The number of carbonyl (C=O) groups is 1. The molecule has 1 N–H and O–H groups in total. The standard InChI is InChI=1S/C8H13NO2.C2H6/c1-4-5-3-9-7(6(4)5)8(10)11-2;1-2/h4-7,9H,3H2,1-2H3;1-2H3. The van der Waals surface area contributed by atoms with E-state index < -0.39 is 0 Å². The number of methoxy groups -OCH3 is 1. The van der Waals surface area contributed by atoms with Gasteiger partial charge in [-0.3, -0.25) is 4.79 Å². The van der Waals surface area contributed by atoms with E-state index in [2.05, 4.69) is 17.0 Å². The molecule has 1 saturated carbocycles. The monoisotopic (exact) mass is 185 g/mol. The summed E-state index contributed by atoms with van der Waals surface area (Å²) in [5.41, 5.74) is 0. The maximum absolute atomic E-state index is 11.1. The number of carbonyl (C=O) groups excluding carboxylic acids is 1. The van der Waals surface area contributed by atoms with E-state index in [9.17, 15) is 4.79 Å². The van der Waals surface area contributed by atoms with Gasteiger partial charge in [-0.1, -0.05) is 20.8 Å². The summed E-state index contributed by atoms with van der Waals surface area (Å²) in [4.78, 5) is 11.1. The van der Waals surface area contributed by atoms with Crippen LogP contribution in [0.15, 0.2) is 0 Å². The third kappa shape index (κ3) is 1.70. The zero-order chi connectivity index (χ0) is 10.0. The SMILES string of the molecule is CC.COC(=O)C1NCC2C(C)C12. The van der Waals surface area contributed by atoms with Gasteiger partial charge in [0.25, 0.3) is 0 Å². The topological polar surface area (TPSA) is 38.3 Å². The van der Waals surface area contributed by atoms with Crippen LogP contribution >= 0.6 is 0 Å². The predicted molar refractivity (Wildman–Crippen MR) is 51.3 cm³/mol. The molecule has 2 rings (SSSR count). The summed E-state index contributed by atoms with van der Waals surface area (Å²) in [6.45, 7) is 7.19. The van der Waals surface area contributed by atoms with Crippen molar-refractivity contribution >= 4 is 5.97 Å². The number of hydrogen-bond donors (Lipinski definition) is 1. The Morgan fingerprint density at radius 2 is 2.08 bits per heavy atom. The first-order valence-electron chi connectivity index (χ1n) is 5.07. The molecule has 1 aliphatic heterocycles. The van der Waals surface area contributed by atoms with Crippen molar-refractivity contribution in [3.63, 3.8) is 0 Å². The molecule has 0 amide bonds. The Kier molecular flexibility index (Phi) is 3.31. The summed E-state index contributed by atoms with van der Waals surface area (Å²) in [6.07, 6.45) is 0. The van der Waals surface area contributed by atoms with Gasteiger partial charge < -0.3 is 10.1 Å². The lowest BCUT2D eigenvalue weighted by Gasteiger charge is -2.10. The molecule has 4 unspecified atom stereocenters. The van der Waals surface area contributed by atoms with E-state index >= 15 is 0 Å². The molecule has 76 valence electrons. The van der Waals surface area contributed by atoms with Crippen molar-refractivity contribution in [2.45, 2.75) is 26.8 Å². The van der Waals surface area contributed by atoms with Crippen LogP contribution in [0.2, 0.25) is 0 Å². The van der Waals surface area contributed by atoms with E-state index in [1.807, 2.05) is 13.8 Å². The molecule has 0 spiro atoms. The van der Waals surface area contributed by atoms with Gasteiger partial charge in [0.15, 0.2) is 0 Å². The molecule has 0 aromatic heterocycles. The number of fused-ring (bicyclic) bond motifs is 1. The van der Waals surface area contributed by atoms with Gasteiger partial charge in [-0.05, 0) is 24.3 Å². The minimum atomic E-state index is -0.0955. The second-order valence-corrected chi connectivity index (χ2v) is 3.51. The molecular formula is C10H19NO2. The molecule has 4 atom stereocenters. The lowest BCUT2D eigenvalue weighted by Crippen LogP contribution is -2.36. The molecule has 3 heteroatoms. The summed E-state index contributed by atoms with van der Waals surface area (Å²) in [7, 11) is 1.45. The first-order chi connectivity index (χ1) is 6.25. The van der Waals surface area contributed by atoms with Gasteiger partial charge in [0.1, 0.15) is 6.04 Å². The van der Waals surface area contributed by atoms with Gasteiger partial charge in [-0.2, -0.15) is 0 Å². The molecule has 0 radical (unpaired) electrons. The van der Waals surface area contributed by atoms with E-state index in [1.165, 1.54) is 7.11 Å². The van der Waals surface area contributed by atoms with Crippen LogP contribution in [0.3, 0.4) is 0 Å². The highest BCUT2D eigenvalue weighted by atomic mass is 16.5. The maximum atomic E-state index is 11.1. The smallest absolute Gasteiger partial charge is 0.323 e. The Labute approximate surface area is 79.8 Å². The fourth-order valence-electron chi connectivity index (χ4n) is 2.22. The molecule has 0 aromatic carbocycles. The van der Waals surface area contributed by atoms with Crippen LogP contribution in [0.5, 0.6) is 0 Å². The molecule has 2 aliphatic rings. The number of nitrogens with one attached hydrogen (secondary N) is 1. The van der Waals surface area contributed by atoms with E-state index in [4.69, 9.17) is 0 Å². The van der Waals surface area contributed by atoms with E-state index in [-0.39, 0.29) is 12.0 Å². The molecular weight excluding hydrogens is 166 g/mol. The lowest BCUT2D eigenvalue weighted by molar-refractivity contribution is -0.143. The molecule has 1 aliphatic carbocycles. The van der Waals surface area contributed by atoms with Crippen molar-refractivity contribution in [1.82, 2.24) is 5.32 Å². The van der Waals surface area contributed by atoms with Crippen LogP contribution in [-0.2, 0) is 9.53 Å². The molecule has 1 saturated heterocycles. The summed E-state index contributed by atoms with van der Waals surface area (Å²) in [6, 6.07) is -0.0139. The Morgan fingerprint density at radius 1 is 1.46 bits per heavy atom. The zero-order valence-corrected chi connectivity index (χ0v) is 8.83. The van der Waals surface area contributed by atoms with Crippen LogP contribution in [0.25, 0.3) is 0 Å². The largest absolute Gasteiger partial charge is 0.468 e. The number of esters is 1. The van der Waals surface area contributed by atoms with Crippen molar-refractivity contribution < 1.29 is 9.53 Å². The Morgan fingerprint density at radius 3 is 2.46 bits per heavy atom. The van der Waals surface area contributed by atoms with E-state index in [0.717, 1.165) is 18.4 Å². The van der Waals surface area contributed by atoms with E-state index in [0.29, 0.717) is 5.92 Å². The third-order valence-corrected chi connectivity index (χ3v) is 3.05. The zero-order valence-electron chi connectivity index (χ0n) is 8.83. The molecule has 2 fully saturated rings. The number of rotatable bonds is 1. The maximum Gasteiger partial charge on any atom is 0.323 e. The fraction of sp³-hybridized carbons (Fsp3) is 0.900. The van der Waals surface area contributed by atoms with Gasteiger partial charge >= 0.3 is 5.97 Å². The quantitative estimate of drug-likeness (QED) is 0.620. The number of piperidine rings is 1. The summed E-state index contributed by atoms with van der Waals surface area (Å²) < 4.78 is 4.68. The minimum absolute atomic E-state index is 0.0139. The van der Waals surface area contributed by atoms with E-state index in [1.54, 1.807) is 0 Å². The normalized spacial score (nSPS) is 40.0. The number of hydrogen-bond acceptors (Lipinski definition) is 3. The molecule has 1 heterocycles. The van der Waals surface area contributed by atoms with Gasteiger partial charge in [0.05, 0.1) is 7.11 Å². The summed E-state index contributed by atoms with van der Waals surface area (Å²) >= 11 is 0. The molecule has 13 heavy (non-hydrogen) atoms. The first-order valence-corrected chi connectivity index (χ1v) is 5.07. The van der Waals surface area contributed by atoms with Crippen molar-refractivity contribution in [2.24, 2.45) is 17.8 Å². The Bertz CT molecular complexity index is 193. The van der Waals surface area contributed by atoms with Gasteiger partial charge in [-0.15, -0.1) is 0 Å². The molecule has 0 aromatic rings. The average molecular weight is 185 g/mol. The van der Waals surface area contributed by atoms with Crippen molar-refractivity contribution in [1.29, 1.82) is 0 Å². The first kappa shape index (κ1) is 10.5. The van der Waals surface area contributed by atoms with Gasteiger partial charge in [0, 0.05) is 0 Å². The molecule has 3 nitrogen and oxygen atoms in total. The average Bonchev–Trinajstić information content (AvgIpc) is 2.68. The predicted octanol–water partition coefficient (Wildman–Crippen LogP) is 1.04. The summed E-state index contributed by atoms with van der Waals surface area (Å²) in [5.74, 6) is 1.92. The van der Waals surface area contributed by atoms with Crippen molar-refractivity contribution in [3.05, 3.63) is 0 Å². The highest BCUT2D eigenvalue weighted by molar-refractivity contribution is 5.77. The van der Waals surface area contributed by atoms with Gasteiger partial charge in [-0.25, -0.2) is 0 Å². The fourth-order valence-corrected chi connectivity index (χ4v) is 2.22. The summed E-state index contributed by atoms with van der Waals surface area (Å²) in [5, 5.41) is 3.16. The minimum Gasteiger partial charge on any atom is -0.468 e. The molecule has 0 bridgehead atoms. The highest BCUT2D eigenvalue weighted by Crippen LogP contribution is 2.51. The van der Waals surface area contributed by atoms with Crippen LogP contribution < -0.4 is 5.32 Å². The second kappa shape index (κ2) is 4.09. The van der Waals surface area contributed by atoms with Crippen molar-refractivity contribution in [2.75, 3.05) is 13.7 Å². The van der Waals surface area contributed by atoms with Crippen LogP contribution in [0, 0.1) is 17.8 Å². The second-order valence-electron chi connectivity index (χ2n) is 3.51. The van der Waals surface area contributed by atoms with Crippen LogP contribution in [0.4, 0.5) is 0 Å². The Hall–Kier alpha value is -0.570. The number of ether oxygens (including phenoxy) is 1. The highest BCUT2D eigenvalue weighted by Gasteiger charge is 2.57. The van der Waals surface area contributed by atoms with Crippen LogP contribution in [-0.4, -0.2) is 25.7 Å². The van der Waals surface area contributed by atoms with Crippen LogP contribution in [0.1, 0.15) is 20.8 Å². The Balaban J connectivity index is 0.000000396. The van der Waals surface area contributed by atoms with Gasteiger partial charge in [0.2, 0.25) is 0 Å². The lowest BCUT2D eigenvalue weighted by atomic mass is 10.2. The third-order valence-electron chi connectivity index (χ3n) is 3.05. The van der Waals surface area contributed by atoms with Crippen molar-refractivity contribution in [3.8, 4) is 0 Å².